The first-order valence-corrected chi connectivity index (χ1v) is 7.22. The molecule has 0 bridgehead atoms. The van der Waals surface area contributed by atoms with E-state index in [4.69, 9.17) is 28.5 Å². The van der Waals surface area contributed by atoms with Gasteiger partial charge in [0, 0.05) is 6.08 Å². The Morgan fingerprint density at radius 3 is 2.50 bits per heavy atom. The molecule has 1 saturated heterocycles. The van der Waals surface area contributed by atoms with Crippen LogP contribution >= 0.6 is 0 Å². The second-order valence-electron chi connectivity index (χ2n) is 5.33. The Balaban J connectivity index is 2.34. The summed E-state index contributed by atoms with van der Waals surface area (Å²) in [6.45, 7) is 0. The first kappa shape index (κ1) is 15.6. The van der Waals surface area contributed by atoms with Crippen molar-refractivity contribution in [2.24, 2.45) is 0 Å². The molecule has 0 saturated carbocycles. The van der Waals surface area contributed by atoms with Crippen LogP contribution in [0.2, 0.25) is 0 Å². The second kappa shape index (κ2) is 8.15. The molecule has 1 aliphatic rings. The minimum absolute atomic E-state index is 0.239. The Labute approximate surface area is 151 Å². The fourth-order valence-corrected chi connectivity index (χ4v) is 2.25. The maximum Gasteiger partial charge on any atom is 0.335 e. The first-order chi connectivity index (χ1) is 13.4. The van der Waals surface area contributed by atoms with Crippen LogP contribution in [0.4, 0.5) is 0 Å². The summed E-state index contributed by atoms with van der Waals surface area (Å²) in [5.41, 5.74) is 0.239. The van der Waals surface area contributed by atoms with Crippen molar-refractivity contribution in [3.05, 3.63) is 29.8 Å². The molecule has 2 rings (SSSR count). The van der Waals surface area contributed by atoms with Crippen molar-refractivity contribution in [1.29, 1.82) is 0 Å². The van der Waals surface area contributed by atoms with Gasteiger partial charge in [0.25, 0.3) is 0 Å². The highest BCUT2D eigenvalue weighted by Crippen LogP contribution is 2.32. The van der Waals surface area contributed by atoms with Crippen LogP contribution in [-0.2, 0) is 14.3 Å². The molecule has 0 unspecified atom stereocenters. The van der Waals surface area contributed by atoms with Crippen molar-refractivity contribution in [2.75, 3.05) is 7.04 Å². The number of ether oxygens (including phenoxy) is 3. The lowest BCUT2D eigenvalue weighted by atomic mass is 9.99. The Bertz CT molecular complexity index is 794. The van der Waals surface area contributed by atoms with Gasteiger partial charge in [0.2, 0.25) is 6.29 Å². The number of carboxylic acid groups (broad SMARTS) is 2. The van der Waals surface area contributed by atoms with Crippen LogP contribution in [0.3, 0.4) is 0 Å². The normalized spacial score (nSPS) is 30.9. The van der Waals surface area contributed by atoms with Gasteiger partial charge in [-0.3, -0.25) is 0 Å². The largest absolute Gasteiger partial charge is 0.493 e. The average molecular weight is 373 g/mol. The third-order valence-electron chi connectivity index (χ3n) is 3.55. The fraction of sp³-hybridized carbons (Fsp3) is 0.375. The van der Waals surface area contributed by atoms with E-state index in [1.165, 1.54) is 12.1 Å². The van der Waals surface area contributed by atoms with Crippen LogP contribution < -0.4 is 9.47 Å². The smallest absolute Gasteiger partial charge is 0.335 e. The van der Waals surface area contributed by atoms with Crippen LogP contribution in [-0.4, -0.2) is 75.2 Å². The summed E-state index contributed by atoms with van der Waals surface area (Å²) in [7, 11) is -2.92. The zero-order chi connectivity index (χ0) is 21.9. The van der Waals surface area contributed by atoms with Crippen molar-refractivity contribution in [3.63, 3.8) is 0 Å². The predicted octanol–water partition coefficient (Wildman–Crippen LogP) is -0.936. The van der Waals surface area contributed by atoms with Crippen LogP contribution in [0.1, 0.15) is 9.68 Å². The topological polar surface area (TPSA) is 163 Å². The minimum Gasteiger partial charge on any atom is -0.493 e. The summed E-state index contributed by atoms with van der Waals surface area (Å²) in [5.74, 6) is -3.55. The highest BCUT2D eigenvalue weighted by molar-refractivity contribution is 5.85. The van der Waals surface area contributed by atoms with Crippen LogP contribution in [0, 0.1) is 0 Å². The minimum atomic E-state index is -2.92. The molecule has 1 fully saturated rings. The molecule has 5 N–H and O–H groups in total. The van der Waals surface area contributed by atoms with Gasteiger partial charge in [0.05, 0.1) is 11.2 Å². The monoisotopic (exact) mass is 373 g/mol. The van der Waals surface area contributed by atoms with Crippen molar-refractivity contribution < 1.29 is 53.4 Å². The number of methoxy groups -OCH3 is 1. The van der Waals surface area contributed by atoms with Crippen LogP contribution in [0.5, 0.6) is 11.5 Å². The summed E-state index contributed by atoms with van der Waals surface area (Å²) in [6.07, 6.45) is -7.45. The quantitative estimate of drug-likeness (QED) is 0.393. The SMILES string of the molecule is [2H]C([2H])([2H])Oc1cc(/C=C/C(=O)O)ccc1O[C@@H]1O[C@H](C(=O)O)[C@@H](O)[C@H](O)[C@H]1O. The maximum absolute atomic E-state index is 11.2. The molecule has 10 nitrogen and oxygen atoms in total. The molecule has 0 aromatic heterocycles. The van der Waals surface area contributed by atoms with Gasteiger partial charge in [0.15, 0.2) is 17.6 Å². The summed E-state index contributed by atoms with van der Waals surface area (Å²) >= 11 is 0. The third-order valence-corrected chi connectivity index (χ3v) is 3.55. The molecule has 1 aliphatic heterocycles. The molecule has 0 aliphatic carbocycles. The van der Waals surface area contributed by atoms with Crippen molar-refractivity contribution in [1.82, 2.24) is 0 Å². The second-order valence-corrected chi connectivity index (χ2v) is 5.33. The van der Waals surface area contributed by atoms with Gasteiger partial charge in [-0.15, -0.1) is 0 Å². The molecule has 10 heteroatoms. The average Bonchev–Trinajstić information content (AvgIpc) is 2.60. The van der Waals surface area contributed by atoms with Crippen LogP contribution in [0.25, 0.3) is 6.08 Å². The number of rotatable bonds is 6. The number of carbonyl (C=O) groups is 2. The summed E-state index contributed by atoms with van der Waals surface area (Å²) in [4.78, 5) is 21.8. The van der Waals surface area contributed by atoms with Gasteiger partial charge in [-0.05, 0) is 23.8 Å². The molecular formula is C16H18O10. The molecule has 0 spiro atoms. The van der Waals surface area contributed by atoms with E-state index in [0.29, 0.717) is 0 Å². The molecule has 142 valence electrons. The Morgan fingerprint density at radius 2 is 1.88 bits per heavy atom. The van der Waals surface area contributed by atoms with E-state index in [1.807, 2.05) is 0 Å². The first-order valence-electron chi connectivity index (χ1n) is 8.72. The van der Waals surface area contributed by atoms with Crippen LogP contribution in [0.15, 0.2) is 24.3 Å². The molecule has 1 aromatic rings. The summed E-state index contributed by atoms with van der Waals surface area (Å²) in [5, 5.41) is 47.3. The Morgan fingerprint density at radius 1 is 1.15 bits per heavy atom. The number of aliphatic hydroxyl groups excluding tert-OH is 3. The number of benzene rings is 1. The molecule has 1 heterocycles. The highest BCUT2D eigenvalue weighted by atomic mass is 16.7. The zero-order valence-corrected chi connectivity index (χ0v) is 13.1. The molecule has 0 radical (unpaired) electrons. The maximum atomic E-state index is 11.2. The van der Waals surface area contributed by atoms with E-state index in [2.05, 4.69) is 0 Å². The number of aliphatic hydroxyl groups is 3. The molecule has 0 amide bonds. The van der Waals surface area contributed by atoms with Gasteiger partial charge in [-0.1, -0.05) is 6.07 Å². The lowest BCUT2D eigenvalue weighted by Gasteiger charge is -2.38. The van der Waals surface area contributed by atoms with Gasteiger partial charge in [-0.25, -0.2) is 9.59 Å². The lowest BCUT2D eigenvalue weighted by molar-refractivity contribution is -0.271. The standard InChI is InChI=1S/C16H18O10/c1-24-9-6-7(3-5-10(17)18)2-4-8(9)25-16-13(21)11(19)12(20)14(26-16)15(22)23/h2-6,11-14,16,19-21H,1H3,(H,17,18)(H,22,23)/b5-3+/t11-,12-,13+,14-,16+/m0/s1/i1D3. The van der Waals surface area contributed by atoms with E-state index >= 15 is 0 Å². The van der Waals surface area contributed by atoms with Gasteiger partial charge < -0.3 is 39.7 Å². The third kappa shape index (κ3) is 4.29. The van der Waals surface area contributed by atoms with Crippen molar-refractivity contribution in [3.8, 4) is 11.5 Å². The van der Waals surface area contributed by atoms with Crippen molar-refractivity contribution >= 4 is 18.0 Å². The Hall–Kier alpha value is -2.66. The predicted molar refractivity (Wildman–Crippen MR) is 84.6 cm³/mol. The summed E-state index contributed by atoms with van der Waals surface area (Å²) < 4.78 is 36.8. The van der Waals surface area contributed by atoms with E-state index in [1.54, 1.807) is 0 Å². The Kier molecular flexibility index (Phi) is 4.88. The van der Waals surface area contributed by atoms with Gasteiger partial charge in [0.1, 0.15) is 18.3 Å². The molecule has 26 heavy (non-hydrogen) atoms. The highest BCUT2D eigenvalue weighted by Gasteiger charge is 2.48. The summed E-state index contributed by atoms with van der Waals surface area (Å²) in [6, 6.07) is 3.64. The molecule has 1 aromatic carbocycles. The van der Waals surface area contributed by atoms with E-state index in [0.717, 1.165) is 18.2 Å². The number of carboxylic acids is 2. The number of hydrogen-bond acceptors (Lipinski definition) is 8. The van der Waals surface area contributed by atoms with Gasteiger partial charge in [-0.2, -0.15) is 0 Å². The number of hydrogen-bond donors (Lipinski definition) is 5. The molecular weight excluding hydrogens is 352 g/mol. The van der Waals surface area contributed by atoms with E-state index < -0.39 is 49.7 Å². The lowest BCUT2D eigenvalue weighted by Crippen LogP contribution is -2.61. The zero-order valence-electron chi connectivity index (χ0n) is 16.1. The number of aliphatic carboxylic acids is 2. The van der Waals surface area contributed by atoms with E-state index in [-0.39, 0.29) is 17.1 Å². The molecule has 5 atom stereocenters. The van der Waals surface area contributed by atoms with E-state index in [9.17, 15) is 24.9 Å². The fourth-order valence-electron chi connectivity index (χ4n) is 2.25. The van der Waals surface area contributed by atoms with Gasteiger partial charge >= 0.3 is 11.9 Å². The van der Waals surface area contributed by atoms with Crippen molar-refractivity contribution in [2.45, 2.75) is 30.7 Å².